The van der Waals surface area contributed by atoms with Crippen LogP contribution in [0.25, 0.3) is 33.4 Å². The van der Waals surface area contributed by atoms with Crippen molar-refractivity contribution >= 4 is 75.2 Å². The summed E-state index contributed by atoms with van der Waals surface area (Å²) in [7, 11) is 1.57. The number of carbonyl (C=O) groups excluding carboxylic acids is 7. The Balaban J connectivity index is 0.615. The Hall–Kier alpha value is -7.99. The minimum Gasteiger partial charge on any atom is -0.460 e. The number of nitrogens with two attached hydrogens (primary N) is 2. The largest absolute Gasteiger partial charge is 0.460 e. The Bertz CT molecular complexity index is 3820. The van der Waals surface area contributed by atoms with Crippen LogP contribution in [0.4, 0.5) is 16.6 Å². The van der Waals surface area contributed by atoms with E-state index in [1.165, 1.54) is 11.2 Å². The van der Waals surface area contributed by atoms with Crippen molar-refractivity contribution in [1.82, 2.24) is 40.3 Å². The van der Waals surface area contributed by atoms with Crippen LogP contribution in [0.1, 0.15) is 157 Å². The van der Waals surface area contributed by atoms with Gasteiger partial charge in [-0.25, -0.2) is 24.2 Å². The van der Waals surface area contributed by atoms with Crippen molar-refractivity contribution in [2.75, 3.05) is 144 Å². The molecule has 1 saturated carbocycles. The van der Waals surface area contributed by atoms with Crippen LogP contribution < -0.4 is 22.1 Å². The van der Waals surface area contributed by atoms with E-state index in [4.69, 9.17) is 77.8 Å². The number of nitrogens with zero attached hydrogens (tertiary/aromatic N) is 6. The van der Waals surface area contributed by atoms with Crippen molar-refractivity contribution in [3.63, 3.8) is 0 Å². The highest BCUT2D eigenvalue weighted by Gasteiger charge is 2.49. The molecule has 8 N–H and O–H groups in total. The molecule has 3 fully saturated rings. The number of Topliss-reactive ketones (excluding diaryl/α,β-unsaturated/α-hetero) is 3. The molecule has 3 amide bonds. The molecule has 3 aromatic heterocycles. The van der Waals surface area contributed by atoms with Crippen LogP contribution in [0.15, 0.2) is 76.5 Å². The molecule has 3 aliphatic heterocycles. The van der Waals surface area contributed by atoms with E-state index >= 15 is 0 Å². The first kappa shape index (κ1) is 92.5. The number of aryl methyl sites for hydroxylation is 1. The summed E-state index contributed by atoms with van der Waals surface area (Å²) in [6.45, 7) is 16.5. The Morgan fingerprint density at radius 2 is 1.37 bits per heavy atom. The van der Waals surface area contributed by atoms with E-state index in [-0.39, 0.29) is 106 Å². The third kappa shape index (κ3) is 31.4. The molecular formula is C83H124N10O22. The predicted octanol–water partition coefficient (Wildman–Crippen LogP) is 8.40. The number of nitrogen functional groups attached to an aromatic ring is 2. The predicted molar refractivity (Wildman–Crippen MR) is 427 cm³/mol. The van der Waals surface area contributed by atoms with Crippen LogP contribution >= 0.6 is 0 Å². The molecule has 1 unspecified atom stereocenters. The zero-order valence-corrected chi connectivity index (χ0v) is 68.0. The summed E-state index contributed by atoms with van der Waals surface area (Å²) >= 11 is 0. The second kappa shape index (κ2) is 49.9. The summed E-state index contributed by atoms with van der Waals surface area (Å²) in [6.07, 6.45) is 16.8. The number of cyclic esters (lactones) is 1. The zero-order chi connectivity index (χ0) is 82.3. The zero-order valence-electron chi connectivity index (χ0n) is 68.0. The van der Waals surface area contributed by atoms with Crippen molar-refractivity contribution in [3.05, 3.63) is 72.1 Å². The summed E-state index contributed by atoms with van der Waals surface area (Å²) in [6, 6.07) is 4.42. The number of piperidine rings is 1. The fourth-order valence-electron chi connectivity index (χ4n) is 14.5. The van der Waals surface area contributed by atoms with Crippen LogP contribution in [0.3, 0.4) is 0 Å². The number of anilines is 2. The van der Waals surface area contributed by atoms with Crippen LogP contribution in [-0.2, 0) is 92.2 Å². The fraction of sp³-hybridized carbons (Fsp3) is 0.675. The fourth-order valence-corrected chi connectivity index (χ4v) is 14.5. The first-order valence-electron chi connectivity index (χ1n) is 41.0. The van der Waals surface area contributed by atoms with Gasteiger partial charge in [0, 0.05) is 82.8 Å². The van der Waals surface area contributed by atoms with Gasteiger partial charge in [-0.1, -0.05) is 57.2 Å². The number of hydrogen-bond donors (Lipinski definition) is 6. The van der Waals surface area contributed by atoms with Crippen LogP contribution in [0, 0.1) is 23.7 Å². The lowest BCUT2D eigenvalue weighted by Crippen LogP contribution is -2.58. The maximum Gasteiger partial charge on any atom is 0.407 e. The maximum atomic E-state index is 14.4. The van der Waals surface area contributed by atoms with Gasteiger partial charge in [-0.2, -0.15) is 10.1 Å². The number of aromatic nitrogens is 5. The first-order valence-corrected chi connectivity index (χ1v) is 41.0. The molecule has 8 rings (SSSR count). The number of ketones is 3. The number of alkyl carbamates (subject to hydrolysis) is 1. The number of unbranched alkanes of at least 4 members (excludes halogenated alkanes) is 1. The Morgan fingerprint density at radius 3 is 2.03 bits per heavy atom. The minimum absolute atomic E-state index is 0.0611. The van der Waals surface area contributed by atoms with Crippen LogP contribution in [-0.4, -0.2) is 256 Å². The topological polar surface area (TPSA) is 420 Å². The first-order chi connectivity index (χ1) is 55.6. The van der Waals surface area contributed by atoms with Crippen molar-refractivity contribution in [2.45, 2.75) is 206 Å². The molecule has 0 radical (unpaired) electrons. The molecule has 9 atom stereocenters. The minimum atomic E-state index is -2.41. The molecule has 6 heterocycles. The molecule has 1 aliphatic carbocycles. The van der Waals surface area contributed by atoms with Gasteiger partial charge in [0.1, 0.15) is 53.2 Å². The summed E-state index contributed by atoms with van der Waals surface area (Å²) < 4.78 is 75.7. The van der Waals surface area contributed by atoms with Gasteiger partial charge < -0.3 is 98.5 Å². The molecule has 115 heavy (non-hydrogen) atoms. The van der Waals surface area contributed by atoms with Crippen LogP contribution in [0.2, 0.25) is 0 Å². The van der Waals surface area contributed by atoms with E-state index in [0.29, 0.717) is 209 Å². The van der Waals surface area contributed by atoms with Gasteiger partial charge in [0.25, 0.3) is 17.7 Å². The smallest absolute Gasteiger partial charge is 0.407 e. The second-order valence-corrected chi connectivity index (χ2v) is 30.1. The number of amides is 3. The molecule has 32 nitrogen and oxygen atoms in total. The Labute approximate surface area is 674 Å². The number of methoxy groups -OCH3 is 1. The molecule has 638 valence electrons. The van der Waals surface area contributed by atoms with Gasteiger partial charge >= 0.3 is 12.1 Å². The van der Waals surface area contributed by atoms with Crippen molar-refractivity contribution in [1.29, 1.82) is 0 Å². The van der Waals surface area contributed by atoms with E-state index < -0.39 is 65.9 Å². The number of carbonyl (C=O) groups is 7. The van der Waals surface area contributed by atoms with E-state index in [0.717, 1.165) is 36.8 Å². The van der Waals surface area contributed by atoms with Crippen LogP contribution in [0.5, 0.6) is 0 Å². The normalized spacial score (nSPS) is 25.0. The van der Waals surface area contributed by atoms with Gasteiger partial charge in [0.2, 0.25) is 11.7 Å². The lowest BCUT2D eigenvalue weighted by Gasteiger charge is -2.39. The van der Waals surface area contributed by atoms with Crippen molar-refractivity contribution in [3.8, 4) is 11.3 Å². The van der Waals surface area contributed by atoms with E-state index in [1.807, 2.05) is 63.3 Å². The Morgan fingerprint density at radius 1 is 0.704 bits per heavy atom. The molecule has 32 heteroatoms. The number of hydrogen-bond acceptors (Lipinski definition) is 28. The molecule has 1 aromatic carbocycles. The van der Waals surface area contributed by atoms with Gasteiger partial charge in [-0.3, -0.25) is 24.0 Å². The number of fused-ring (bicyclic) bond motifs is 5. The number of allylic oxidation sites excluding steroid dienone is 6. The average Bonchev–Trinajstić information content (AvgIpc) is 1.70. The molecule has 2 bridgehead atoms. The maximum absolute atomic E-state index is 14.4. The number of esters is 1. The van der Waals surface area contributed by atoms with E-state index in [1.54, 1.807) is 37.8 Å². The highest BCUT2D eigenvalue weighted by Crippen LogP contribution is 2.36. The molecule has 2 saturated heterocycles. The lowest BCUT2D eigenvalue weighted by molar-refractivity contribution is -0.245. The molecule has 4 aliphatic rings. The van der Waals surface area contributed by atoms with Gasteiger partial charge in [0.05, 0.1) is 129 Å². The number of rotatable bonds is 38. The van der Waals surface area contributed by atoms with Crippen molar-refractivity contribution in [2.24, 2.45) is 23.7 Å². The number of aliphatic hydroxyl groups is 2. The van der Waals surface area contributed by atoms with Gasteiger partial charge in [-0.15, -0.1) is 0 Å². The van der Waals surface area contributed by atoms with E-state index in [9.17, 15) is 43.8 Å². The number of benzene rings is 1. The van der Waals surface area contributed by atoms with Gasteiger partial charge in [-0.05, 0) is 145 Å². The molecule has 4 aromatic rings. The lowest BCUT2D eigenvalue weighted by atomic mass is 9.83. The standard InChI is InChI=1S/C83H124N10O22/c1-56-15-8-7-9-16-57(2)72(103-6)53-65-17-14-28-83(102,115-65)76(98)79(99)92-31-12-10-18-67(92)80(100)112-64(52-68(94)59(4)50-60(5)70(96)54-69(95)58(3)49-56)25-21-61-19-23-63(24-20-61)113-82(101)87-30-34-105-36-38-107-40-42-109-44-46-111-48-47-110-45-43-108-41-39-106-37-35-104-33-27-73(97)86-29-11-13-32-93-78-74(77(84)88-55-89-78)75(91-93)62-22-26-71-66(51-62)90-81(85)114-71/h7-9,15-16,22,26,50-51,55-56,58-59,61,63-65,67,70,72,96,102H,10-14,17-21,23-25,27-49,52-54H2,1-6H3,(H2,85,90)(H,86,97)(H,87,101)(H2,84,88,89)/b9-7?,15-8+,57-16?,60-50+/t56-,58-,59-,61?,63?,64-,65?,67+,70+,72+,83-/m1/s1. The second-order valence-electron chi connectivity index (χ2n) is 30.1. The molecular weight excluding hydrogens is 1490 g/mol. The average molecular weight is 1610 g/mol. The number of nitrogens with one attached hydrogen (secondary N) is 2. The highest BCUT2D eigenvalue weighted by molar-refractivity contribution is 6.39. The monoisotopic (exact) mass is 1610 g/mol. The third-order valence-electron chi connectivity index (χ3n) is 21.1. The van der Waals surface area contributed by atoms with Gasteiger partial charge in [0.15, 0.2) is 11.2 Å². The number of oxazole rings is 1. The summed E-state index contributed by atoms with van der Waals surface area (Å²) in [5.74, 6) is -6.28. The molecule has 0 spiro atoms. The van der Waals surface area contributed by atoms with Crippen molar-refractivity contribution < 1.29 is 105 Å². The quantitative estimate of drug-likeness (QED) is 0.0106. The number of ether oxygens (including phenoxy) is 12. The number of aliphatic hydroxyl groups excluding tert-OH is 1. The highest BCUT2D eigenvalue weighted by atomic mass is 16.6. The SMILES string of the molecule is CO[C@H]1CC2CCC[C@@](O)(O2)C(=O)C(=O)N2CCCC[C@H]2C(=O)O[C@H](CCC2CCC(OC(=O)NCCOCCOCCOCCOCCOCCOCCOCCOCCC(=O)NCCCCn3nc(-c4ccc5oc(N)nc5c4)c4c(N)ncnc43)CC2)CC(=O)[C@H](C)/C=C(\C)[C@@H](O)CC(=O)[C@H](C)C[C@H](C)/C=C/C=CC=C1C. The summed E-state index contributed by atoms with van der Waals surface area (Å²) in [5.41, 5.74) is 16.6. The third-order valence-corrected chi connectivity index (χ3v) is 21.1. The summed E-state index contributed by atoms with van der Waals surface area (Å²) in [4.78, 5) is 109. The summed E-state index contributed by atoms with van der Waals surface area (Å²) in [5, 5.41) is 34.1. The Kier molecular flexibility index (Phi) is 40.2. The van der Waals surface area contributed by atoms with E-state index in [2.05, 4.69) is 25.6 Å².